The predicted molar refractivity (Wildman–Crippen MR) is 231 cm³/mol. The maximum Gasteiger partial charge on any atom is 0.312 e. The zero-order valence-corrected chi connectivity index (χ0v) is 36.9. The number of carbonyl (C=O) groups excluding carboxylic acids is 6. The summed E-state index contributed by atoms with van der Waals surface area (Å²) in [7, 11) is 5.26. The molecule has 62 heavy (non-hydrogen) atoms. The van der Waals surface area contributed by atoms with Crippen LogP contribution in [0.4, 0.5) is 4.79 Å². The number of urea groups is 1. The maximum absolute atomic E-state index is 13.8. The molecule has 1 aliphatic rings. The van der Waals surface area contributed by atoms with Crippen LogP contribution in [0.1, 0.15) is 70.9 Å². The van der Waals surface area contributed by atoms with Gasteiger partial charge in [0.2, 0.25) is 29.5 Å². The minimum Gasteiger partial charge on any atom is -0.481 e. The van der Waals surface area contributed by atoms with Gasteiger partial charge in [-0.2, -0.15) is 0 Å². The number of carbonyl (C=O) groups is 7. The maximum atomic E-state index is 13.8. The molecule has 1 aliphatic heterocycles. The molecule has 3 rings (SSSR count). The SMILES string of the molecule is CNC(=O)[C@H](CCCNC(N)=O)NC(=O)[C@@H](NC(=O)CCC(=O)N(CCOCCOCCC(=O)O)C1CCN(C(=O)CCn2c(CN(C)NC)cc3ccccc32)CC1)C(C)C. The Morgan fingerprint density at radius 1 is 0.903 bits per heavy atom. The fourth-order valence-electron chi connectivity index (χ4n) is 7.30. The number of aromatic nitrogens is 1. The molecule has 1 saturated heterocycles. The van der Waals surface area contributed by atoms with Gasteiger partial charge in [0.1, 0.15) is 12.1 Å². The van der Waals surface area contributed by atoms with E-state index >= 15 is 0 Å². The lowest BCUT2D eigenvalue weighted by Gasteiger charge is -2.39. The van der Waals surface area contributed by atoms with Crippen LogP contribution in [0.3, 0.4) is 0 Å². The smallest absolute Gasteiger partial charge is 0.312 e. The molecule has 0 unspecified atom stereocenters. The highest BCUT2D eigenvalue weighted by Crippen LogP contribution is 2.23. The lowest BCUT2D eigenvalue weighted by molar-refractivity contribution is -0.139. The van der Waals surface area contributed by atoms with Gasteiger partial charge >= 0.3 is 12.0 Å². The number of aliphatic carboxylic acids is 1. The molecular formula is C42H68N10O10. The number of piperidine rings is 1. The Bertz CT molecular complexity index is 1780. The normalized spacial score (nSPS) is 14.1. The fraction of sp³-hybridized carbons (Fsp3) is 0.643. The van der Waals surface area contributed by atoms with Gasteiger partial charge in [-0.05, 0) is 56.2 Å². The highest BCUT2D eigenvalue weighted by Gasteiger charge is 2.32. The summed E-state index contributed by atoms with van der Waals surface area (Å²) in [6.45, 7) is 6.66. The largest absolute Gasteiger partial charge is 0.481 e. The zero-order valence-electron chi connectivity index (χ0n) is 36.9. The number of hydrogen-bond donors (Lipinski definition) is 7. The van der Waals surface area contributed by atoms with E-state index in [1.54, 1.807) is 18.7 Å². The number of ether oxygens (including phenoxy) is 2. The molecule has 2 atom stereocenters. The molecule has 1 aromatic heterocycles. The van der Waals surface area contributed by atoms with E-state index < -0.39 is 41.8 Å². The summed E-state index contributed by atoms with van der Waals surface area (Å²) in [5, 5.41) is 22.3. The number of primary amides is 1. The summed E-state index contributed by atoms with van der Waals surface area (Å²) < 4.78 is 13.2. The Morgan fingerprint density at radius 3 is 2.24 bits per heavy atom. The van der Waals surface area contributed by atoms with E-state index in [0.717, 1.165) is 16.6 Å². The number of rotatable bonds is 28. The van der Waals surface area contributed by atoms with Crippen LogP contribution in [-0.4, -0.2) is 158 Å². The predicted octanol–water partition coefficient (Wildman–Crippen LogP) is 0.525. The number of nitrogens with one attached hydrogen (secondary N) is 5. The Balaban J connectivity index is 1.61. The number of carboxylic acids is 1. The van der Waals surface area contributed by atoms with E-state index in [1.807, 2.05) is 36.1 Å². The lowest BCUT2D eigenvalue weighted by atomic mass is 10.0. The molecule has 0 saturated carbocycles. The number of amides is 7. The molecule has 8 N–H and O–H groups in total. The van der Waals surface area contributed by atoms with Crippen molar-refractivity contribution in [2.24, 2.45) is 11.7 Å². The Hall–Kier alpha value is -5.31. The third-order valence-electron chi connectivity index (χ3n) is 10.8. The number of likely N-dealkylation sites (N-methyl/N-ethyl adjacent to an activating group) is 1. The second-order valence-corrected chi connectivity index (χ2v) is 15.6. The van der Waals surface area contributed by atoms with Crippen molar-refractivity contribution in [1.82, 2.24) is 46.1 Å². The van der Waals surface area contributed by atoms with E-state index in [4.69, 9.17) is 20.3 Å². The van der Waals surface area contributed by atoms with Crippen molar-refractivity contribution < 1.29 is 48.1 Å². The van der Waals surface area contributed by atoms with Crippen molar-refractivity contribution in [3.05, 3.63) is 36.0 Å². The molecule has 7 amide bonds. The zero-order chi connectivity index (χ0) is 45.6. The molecule has 346 valence electrons. The number of para-hydroxylation sites is 1. The number of nitrogens with zero attached hydrogens (tertiary/aromatic N) is 4. The van der Waals surface area contributed by atoms with Crippen molar-refractivity contribution >= 4 is 52.4 Å². The third kappa shape index (κ3) is 17.2. The van der Waals surface area contributed by atoms with Gasteiger partial charge in [0.25, 0.3) is 0 Å². The van der Waals surface area contributed by atoms with Gasteiger partial charge in [0, 0.05) is 83.3 Å². The Morgan fingerprint density at radius 2 is 1.60 bits per heavy atom. The van der Waals surface area contributed by atoms with Gasteiger partial charge < -0.3 is 55.9 Å². The van der Waals surface area contributed by atoms with Gasteiger partial charge in [0.15, 0.2) is 0 Å². The highest BCUT2D eigenvalue weighted by molar-refractivity contribution is 5.93. The van der Waals surface area contributed by atoms with Crippen LogP contribution in [-0.2, 0) is 51.3 Å². The van der Waals surface area contributed by atoms with E-state index in [1.165, 1.54) is 7.05 Å². The lowest BCUT2D eigenvalue weighted by Crippen LogP contribution is -2.55. The van der Waals surface area contributed by atoms with Crippen LogP contribution in [0.5, 0.6) is 0 Å². The average molecular weight is 873 g/mol. The fourth-order valence-corrected chi connectivity index (χ4v) is 7.30. The first-order valence-electron chi connectivity index (χ1n) is 21.4. The second kappa shape index (κ2) is 26.9. The molecule has 0 bridgehead atoms. The minimum atomic E-state index is -0.991. The van der Waals surface area contributed by atoms with Crippen molar-refractivity contribution in [3.8, 4) is 0 Å². The van der Waals surface area contributed by atoms with Crippen molar-refractivity contribution in [1.29, 1.82) is 0 Å². The standard InChI is InChI=1S/C42H68N10O10/c1-29(2)39(41(59)47-33(40(58)44-3)10-8-18-46-42(43)60)48-35(53)12-13-37(55)52(22-24-62-26-25-61-23-17-38(56)57)31-14-19-50(20-15-31)36(54)16-21-51-32(28-49(5)45-4)27-30-9-6-7-11-34(30)51/h6-7,9,11,27,29,31,33,39,45H,8,10,12-26,28H2,1-5H3,(H,44,58)(H,47,59)(H,48,53)(H,56,57)(H3,43,46,60)/t33-,39-/m0/s1. The molecule has 20 nitrogen and oxygen atoms in total. The molecule has 2 heterocycles. The van der Waals surface area contributed by atoms with Crippen molar-refractivity contribution in [3.63, 3.8) is 0 Å². The first-order chi connectivity index (χ1) is 29.6. The van der Waals surface area contributed by atoms with E-state index in [9.17, 15) is 33.6 Å². The molecule has 20 heteroatoms. The van der Waals surface area contributed by atoms with Crippen LogP contribution in [0.2, 0.25) is 0 Å². The molecule has 1 aromatic carbocycles. The first kappa shape index (κ1) is 51.0. The quantitative estimate of drug-likeness (QED) is 0.0457. The summed E-state index contributed by atoms with van der Waals surface area (Å²) in [4.78, 5) is 91.8. The number of carboxylic acid groups (broad SMARTS) is 1. The molecule has 0 spiro atoms. The van der Waals surface area contributed by atoms with E-state index in [0.29, 0.717) is 51.9 Å². The number of fused-ring (bicyclic) bond motifs is 1. The highest BCUT2D eigenvalue weighted by atomic mass is 16.5. The number of likely N-dealkylation sites (tertiary alicyclic amines) is 1. The Labute approximate surface area is 363 Å². The molecular weight excluding hydrogens is 805 g/mol. The Kier molecular flexibility index (Phi) is 22.1. The summed E-state index contributed by atoms with van der Waals surface area (Å²) in [5.74, 6) is -3.07. The van der Waals surface area contributed by atoms with Gasteiger partial charge in [-0.15, -0.1) is 0 Å². The number of nitrogens with two attached hydrogens (primary N) is 1. The van der Waals surface area contributed by atoms with Crippen LogP contribution < -0.4 is 32.4 Å². The van der Waals surface area contributed by atoms with Gasteiger partial charge in [-0.1, -0.05) is 32.0 Å². The molecule has 2 aromatic rings. The van der Waals surface area contributed by atoms with Crippen molar-refractivity contribution in [2.45, 2.75) is 96.4 Å². The summed E-state index contributed by atoms with van der Waals surface area (Å²) >= 11 is 0. The van der Waals surface area contributed by atoms with Crippen molar-refractivity contribution in [2.75, 3.05) is 73.7 Å². The van der Waals surface area contributed by atoms with Gasteiger partial charge in [0.05, 0.1) is 39.4 Å². The second-order valence-electron chi connectivity index (χ2n) is 15.6. The monoisotopic (exact) mass is 873 g/mol. The van der Waals surface area contributed by atoms with Crippen LogP contribution in [0.15, 0.2) is 30.3 Å². The first-order valence-corrected chi connectivity index (χ1v) is 21.4. The summed E-state index contributed by atoms with van der Waals surface area (Å²) in [6, 6.07) is 7.43. The third-order valence-corrected chi connectivity index (χ3v) is 10.8. The number of hydrazine groups is 1. The topological polar surface area (TPSA) is 259 Å². The van der Waals surface area contributed by atoms with E-state index in [-0.39, 0.29) is 89.0 Å². The van der Waals surface area contributed by atoms with Crippen LogP contribution in [0, 0.1) is 5.92 Å². The van der Waals surface area contributed by atoms with Gasteiger partial charge in [-0.3, -0.25) is 34.2 Å². The summed E-state index contributed by atoms with van der Waals surface area (Å²) in [6.07, 6.45) is 1.51. The van der Waals surface area contributed by atoms with E-state index in [2.05, 4.69) is 49.5 Å². The van der Waals surface area contributed by atoms with Crippen LogP contribution in [0.25, 0.3) is 10.9 Å². The van der Waals surface area contributed by atoms with Crippen LogP contribution >= 0.6 is 0 Å². The number of hydrogen-bond acceptors (Lipinski definition) is 11. The number of aryl methyl sites for hydroxylation is 1. The molecule has 0 radical (unpaired) electrons. The molecule has 1 fully saturated rings. The molecule has 0 aliphatic carbocycles. The average Bonchev–Trinajstić information content (AvgIpc) is 3.59. The number of benzene rings is 1. The minimum absolute atomic E-state index is 0.0282. The van der Waals surface area contributed by atoms with Gasteiger partial charge in [-0.25, -0.2) is 9.80 Å². The summed E-state index contributed by atoms with van der Waals surface area (Å²) in [5.41, 5.74) is 10.4.